The summed E-state index contributed by atoms with van der Waals surface area (Å²) >= 11 is 0. The van der Waals surface area contributed by atoms with E-state index < -0.39 is 0 Å². The van der Waals surface area contributed by atoms with Gasteiger partial charge < -0.3 is 9.64 Å². The van der Waals surface area contributed by atoms with Gasteiger partial charge in [0, 0.05) is 13.1 Å². The molecule has 2 saturated heterocycles. The molecule has 5 heteroatoms. The Bertz CT molecular complexity index is 351. The molecule has 1 unspecified atom stereocenters. The average molecular weight is 282 g/mol. The van der Waals surface area contributed by atoms with Crippen LogP contribution in [-0.2, 0) is 14.3 Å². The molecule has 0 aromatic rings. The minimum Gasteiger partial charge on any atom is -0.469 e. The van der Waals surface area contributed by atoms with Crippen molar-refractivity contribution in [3.05, 3.63) is 0 Å². The molecule has 5 nitrogen and oxygen atoms in total. The largest absolute Gasteiger partial charge is 0.469 e. The Morgan fingerprint density at radius 3 is 2.45 bits per heavy atom. The van der Waals surface area contributed by atoms with Crippen molar-refractivity contribution in [2.24, 2.45) is 11.8 Å². The van der Waals surface area contributed by atoms with E-state index >= 15 is 0 Å². The number of rotatable bonds is 3. The fourth-order valence-corrected chi connectivity index (χ4v) is 3.20. The highest BCUT2D eigenvalue weighted by Crippen LogP contribution is 2.19. The highest BCUT2D eigenvalue weighted by atomic mass is 16.5. The molecule has 0 radical (unpaired) electrons. The highest BCUT2D eigenvalue weighted by Gasteiger charge is 2.28. The van der Waals surface area contributed by atoms with Crippen LogP contribution in [0.5, 0.6) is 0 Å². The van der Waals surface area contributed by atoms with E-state index in [1.54, 1.807) is 0 Å². The van der Waals surface area contributed by atoms with Crippen molar-refractivity contribution in [2.75, 3.05) is 39.8 Å². The number of hydrogen-bond donors (Lipinski definition) is 0. The molecule has 0 aromatic carbocycles. The molecule has 20 heavy (non-hydrogen) atoms. The lowest BCUT2D eigenvalue weighted by Crippen LogP contribution is -2.47. The second kappa shape index (κ2) is 7.07. The van der Waals surface area contributed by atoms with Crippen LogP contribution in [0.1, 0.15) is 32.6 Å². The Labute approximate surface area is 121 Å². The van der Waals surface area contributed by atoms with E-state index in [-0.39, 0.29) is 17.8 Å². The summed E-state index contributed by atoms with van der Waals surface area (Å²) in [6.45, 7) is 6.14. The minimum absolute atomic E-state index is 0.0151. The molecule has 1 atom stereocenters. The first-order valence-electron chi connectivity index (χ1n) is 7.68. The second-order valence-electron chi connectivity index (χ2n) is 6.16. The lowest BCUT2D eigenvalue weighted by atomic mass is 9.97. The number of amides is 1. The molecule has 114 valence electrons. The first-order valence-corrected chi connectivity index (χ1v) is 7.68. The molecule has 0 bridgehead atoms. The highest BCUT2D eigenvalue weighted by molar-refractivity contribution is 5.78. The number of carbonyl (C=O) groups excluding carboxylic acids is 2. The number of ether oxygens (including phenoxy) is 1. The number of likely N-dealkylation sites (tertiary alicyclic amines) is 2. The Morgan fingerprint density at radius 2 is 1.85 bits per heavy atom. The summed E-state index contributed by atoms with van der Waals surface area (Å²) in [6, 6.07) is 0. The van der Waals surface area contributed by atoms with E-state index in [1.807, 2.05) is 4.90 Å². The monoisotopic (exact) mass is 282 g/mol. The van der Waals surface area contributed by atoms with E-state index in [1.165, 1.54) is 13.5 Å². The summed E-state index contributed by atoms with van der Waals surface area (Å²) in [6.07, 6.45) is 3.96. The zero-order valence-electron chi connectivity index (χ0n) is 12.6. The molecule has 0 aromatic heterocycles. The van der Waals surface area contributed by atoms with Crippen LogP contribution in [0.3, 0.4) is 0 Å². The summed E-state index contributed by atoms with van der Waals surface area (Å²) in [5, 5.41) is 0. The van der Waals surface area contributed by atoms with Crippen LogP contribution < -0.4 is 0 Å². The number of esters is 1. The molecule has 2 aliphatic heterocycles. The van der Waals surface area contributed by atoms with Crippen molar-refractivity contribution in [3.63, 3.8) is 0 Å². The van der Waals surface area contributed by atoms with Gasteiger partial charge in [-0.2, -0.15) is 0 Å². The maximum absolute atomic E-state index is 12.3. The summed E-state index contributed by atoms with van der Waals surface area (Å²) in [7, 11) is 1.44. The maximum atomic E-state index is 12.3. The molecular weight excluding hydrogens is 256 g/mol. The molecule has 2 aliphatic rings. The van der Waals surface area contributed by atoms with Gasteiger partial charge in [0.15, 0.2) is 0 Å². The summed E-state index contributed by atoms with van der Waals surface area (Å²) in [5.74, 6) is 0.771. The molecular formula is C15H26N2O3. The number of piperidine rings is 2. The molecule has 0 saturated carbocycles. The van der Waals surface area contributed by atoms with Crippen LogP contribution in [0.15, 0.2) is 0 Å². The van der Waals surface area contributed by atoms with Crippen molar-refractivity contribution in [2.45, 2.75) is 32.6 Å². The van der Waals surface area contributed by atoms with Crippen LogP contribution >= 0.6 is 0 Å². The van der Waals surface area contributed by atoms with E-state index in [0.717, 1.165) is 45.4 Å². The minimum atomic E-state index is -0.110. The van der Waals surface area contributed by atoms with Crippen LogP contribution in [0, 0.1) is 11.8 Å². The van der Waals surface area contributed by atoms with E-state index in [9.17, 15) is 9.59 Å². The lowest BCUT2D eigenvalue weighted by molar-refractivity contribution is -0.147. The Hall–Kier alpha value is -1.10. The normalized spacial score (nSPS) is 25.5. The average Bonchev–Trinajstić information content (AvgIpc) is 2.47. The third-order valence-electron chi connectivity index (χ3n) is 4.49. The fraction of sp³-hybridized carbons (Fsp3) is 0.867. The summed E-state index contributed by atoms with van der Waals surface area (Å²) < 4.78 is 4.78. The topological polar surface area (TPSA) is 49.9 Å². The van der Waals surface area contributed by atoms with Crippen molar-refractivity contribution in [1.29, 1.82) is 0 Å². The predicted octanol–water partition coefficient (Wildman–Crippen LogP) is 1.13. The quantitative estimate of drug-likeness (QED) is 0.728. The van der Waals surface area contributed by atoms with Gasteiger partial charge in [0.2, 0.25) is 5.91 Å². The van der Waals surface area contributed by atoms with Gasteiger partial charge in [-0.15, -0.1) is 0 Å². The summed E-state index contributed by atoms with van der Waals surface area (Å²) in [4.78, 5) is 27.9. The third-order valence-corrected chi connectivity index (χ3v) is 4.49. The van der Waals surface area contributed by atoms with Crippen LogP contribution in [-0.4, -0.2) is 61.5 Å². The Balaban J connectivity index is 1.74. The molecule has 0 N–H and O–H groups in total. The Morgan fingerprint density at radius 1 is 1.15 bits per heavy atom. The van der Waals surface area contributed by atoms with E-state index in [0.29, 0.717) is 12.5 Å². The van der Waals surface area contributed by atoms with Gasteiger partial charge in [0.1, 0.15) is 0 Å². The third kappa shape index (κ3) is 3.95. The van der Waals surface area contributed by atoms with Gasteiger partial charge in [-0.05, 0) is 44.7 Å². The van der Waals surface area contributed by atoms with Gasteiger partial charge >= 0.3 is 5.97 Å². The van der Waals surface area contributed by atoms with Gasteiger partial charge in [0.05, 0.1) is 19.6 Å². The molecule has 2 heterocycles. The number of hydrogen-bond acceptors (Lipinski definition) is 4. The standard InChI is InChI=1S/C15H26N2O3/c1-12-4-3-7-17(10-12)14(18)11-16-8-5-13(6-9-16)15(19)20-2/h12-13H,3-11H2,1-2H3. The zero-order valence-corrected chi connectivity index (χ0v) is 12.6. The smallest absolute Gasteiger partial charge is 0.308 e. The second-order valence-corrected chi connectivity index (χ2v) is 6.16. The Kier molecular flexibility index (Phi) is 5.40. The molecule has 0 spiro atoms. The van der Waals surface area contributed by atoms with Crippen LogP contribution in [0.2, 0.25) is 0 Å². The first-order chi connectivity index (χ1) is 9.60. The predicted molar refractivity (Wildman–Crippen MR) is 76.2 cm³/mol. The summed E-state index contributed by atoms with van der Waals surface area (Å²) in [5.41, 5.74) is 0. The lowest BCUT2D eigenvalue weighted by Gasteiger charge is -2.35. The van der Waals surface area contributed by atoms with Crippen molar-refractivity contribution >= 4 is 11.9 Å². The molecule has 1 amide bonds. The number of methoxy groups -OCH3 is 1. The van der Waals surface area contributed by atoms with Crippen LogP contribution in [0.4, 0.5) is 0 Å². The van der Waals surface area contributed by atoms with Gasteiger partial charge in [-0.1, -0.05) is 6.92 Å². The van der Waals surface area contributed by atoms with Gasteiger partial charge in [-0.25, -0.2) is 0 Å². The number of carbonyl (C=O) groups is 2. The molecule has 0 aliphatic carbocycles. The molecule has 2 fully saturated rings. The molecule has 2 rings (SSSR count). The van der Waals surface area contributed by atoms with Crippen molar-refractivity contribution in [3.8, 4) is 0 Å². The van der Waals surface area contributed by atoms with Gasteiger partial charge in [-0.3, -0.25) is 14.5 Å². The maximum Gasteiger partial charge on any atom is 0.308 e. The first kappa shape index (κ1) is 15.3. The SMILES string of the molecule is COC(=O)C1CCN(CC(=O)N2CCCC(C)C2)CC1. The van der Waals surface area contributed by atoms with Crippen molar-refractivity contribution < 1.29 is 14.3 Å². The zero-order chi connectivity index (χ0) is 14.5. The van der Waals surface area contributed by atoms with Crippen LogP contribution in [0.25, 0.3) is 0 Å². The van der Waals surface area contributed by atoms with Gasteiger partial charge in [0.25, 0.3) is 0 Å². The van der Waals surface area contributed by atoms with Crippen molar-refractivity contribution in [1.82, 2.24) is 9.80 Å². The number of nitrogens with zero attached hydrogens (tertiary/aromatic N) is 2. The van der Waals surface area contributed by atoms with E-state index in [2.05, 4.69) is 11.8 Å². The van der Waals surface area contributed by atoms with E-state index in [4.69, 9.17) is 4.74 Å². The fourth-order valence-electron chi connectivity index (χ4n) is 3.20.